The molecule has 0 spiro atoms. The van der Waals surface area contributed by atoms with Crippen molar-refractivity contribution in [3.05, 3.63) is 23.8 Å². The molecule has 0 saturated carbocycles. The van der Waals surface area contributed by atoms with Crippen molar-refractivity contribution in [1.82, 2.24) is 0 Å². The molecule has 1 aromatic rings. The van der Waals surface area contributed by atoms with Crippen LogP contribution in [-0.4, -0.2) is 17.3 Å². The van der Waals surface area contributed by atoms with Gasteiger partial charge in [0, 0.05) is 22.2 Å². The monoisotopic (exact) mass is 296 g/mol. The minimum absolute atomic E-state index is 0.424. The van der Waals surface area contributed by atoms with Crippen molar-refractivity contribution in [3.63, 3.8) is 0 Å². The van der Waals surface area contributed by atoms with Crippen LogP contribution in [0.1, 0.15) is 39.2 Å². The lowest BCUT2D eigenvalue weighted by atomic mass is 10.0. The Morgan fingerprint density at radius 1 is 1.32 bits per heavy atom. The highest BCUT2D eigenvalue weighted by molar-refractivity contribution is 7.98. The maximum atomic E-state index is 5.87. The number of rotatable bonds is 7. The second kappa shape index (κ2) is 7.75. The van der Waals surface area contributed by atoms with Crippen LogP contribution in [0.2, 0.25) is 0 Å². The molecule has 0 fully saturated rings. The number of nitrogens with one attached hydrogen (secondary N) is 1. The molecule has 0 saturated heterocycles. The lowest BCUT2D eigenvalue weighted by Gasteiger charge is -2.20. The zero-order valence-corrected chi connectivity index (χ0v) is 13.8. The number of anilines is 1. The van der Waals surface area contributed by atoms with Crippen molar-refractivity contribution in [2.24, 2.45) is 11.7 Å². The largest absolute Gasteiger partial charge is 0.389 e. The molecule has 0 aromatic heterocycles. The fourth-order valence-electron chi connectivity index (χ4n) is 2.00. The summed E-state index contributed by atoms with van der Waals surface area (Å²) in [4.78, 5) is 1.59. The number of hydrogen-bond acceptors (Lipinski definition) is 3. The number of hydrogen-bond donors (Lipinski definition) is 2. The van der Waals surface area contributed by atoms with Crippen molar-refractivity contribution in [3.8, 4) is 0 Å². The van der Waals surface area contributed by atoms with Gasteiger partial charge in [0.2, 0.25) is 0 Å². The highest BCUT2D eigenvalue weighted by Crippen LogP contribution is 2.28. The molecule has 1 atom stereocenters. The van der Waals surface area contributed by atoms with Crippen molar-refractivity contribution in [2.45, 2.75) is 44.6 Å². The Labute approximate surface area is 126 Å². The standard InChI is InChI=1S/C15H24N2S2/c1-10(2)8-9-11(3)17-12-6-5-7-13(19-4)14(12)15(16)18/h5-7,10-11,17H,8-9H2,1-4H3,(H2,16,18). The number of nitrogens with two attached hydrogens (primary N) is 1. The smallest absolute Gasteiger partial charge is 0.107 e. The minimum Gasteiger partial charge on any atom is -0.389 e. The van der Waals surface area contributed by atoms with Gasteiger partial charge in [-0.1, -0.05) is 32.1 Å². The van der Waals surface area contributed by atoms with Crippen LogP contribution in [0.4, 0.5) is 5.69 Å². The van der Waals surface area contributed by atoms with Crippen molar-refractivity contribution >= 4 is 34.7 Å². The third kappa shape index (κ3) is 5.03. The van der Waals surface area contributed by atoms with Gasteiger partial charge in [0.1, 0.15) is 4.99 Å². The van der Waals surface area contributed by atoms with E-state index in [9.17, 15) is 0 Å². The van der Waals surface area contributed by atoms with Gasteiger partial charge in [0.25, 0.3) is 0 Å². The summed E-state index contributed by atoms with van der Waals surface area (Å²) in [6.45, 7) is 6.71. The van der Waals surface area contributed by atoms with Crippen LogP contribution in [0, 0.1) is 5.92 Å². The molecule has 106 valence electrons. The van der Waals surface area contributed by atoms with E-state index in [2.05, 4.69) is 38.2 Å². The van der Waals surface area contributed by atoms with E-state index in [0.717, 1.165) is 28.5 Å². The summed E-state index contributed by atoms with van der Waals surface area (Å²) < 4.78 is 0. The highest BCUT2D eigenvalue weighted by atomic mass is 32.2. The second-order valence-electron chi connectivity index (χ2n) is 5.26. The van der Waals surface area contributed by atoms with E-state index in [4.69, 9.17) is 18.0 Å². The summed E-state index contributed by atoms with van der Waals surface area (Å²) in [5.41, 5.74) is 7.89. The van der Waals surface area contributed by atoms with E-state index < -0.39 is 0 Å². The average molecular weight is 297 g/mol. The maximum Gasteiger partial charge on any atom is 0.107 e. The summed E-state index contributed by atoms with van der Waals surface area (Å²) in [6.07, 6.45) is 4.42. The van der Waals surface area contributed by atoms with Gasteiger partial charge in [-0.2, -0.15) is 0 Å². The van der Waals surface area contributed by atoms with Crippen LogP contribution < -0.4 is 11.1 Å². The lowest BCUT2D eigenvalue weighted by Crippen LogP contribution is -2.20. The molecule has 3 N–H and O–H groups in total. The summed E-state index contributed by atoms with van der Waals surface area (Å²) in [6, 6.07) is 6.58. The van der Waals surface area contributed by atoms with Gasteiger partial charge in [-0.15, -0.1) is 11.8 Å². The van der Waals surface area contributed by atoms with Crippen LogP contribution >= 0.6 is 24.0 Å². The van der Waals surface area contributed by atoms with E-state index in [0.29, 0.717) is 11.0 Å². The first-order chi connectivity index (χ1) is 8.95. The average Bonchev–Trinajstić information content (AvgIpc) is 2.35. The Bertz CT molecular complexity index is 430. The van der Waals surface area contributed by atoms with E-state index >= 15 is 0 Å². The number of benzene rings is 1. The Morgan fingerprint density at radius 2 is 2.00 bits per heavy atom. The van der Waals surface area contributed by atoms with Crippen molar-refractivity contribution in [1.29, 1.82) is 0 Å². The third-order valence-electron chi connectivity index (χ3n) is 3.07. The van der Waals surface area contributed by atoms with Gasteiger partial charge >= 0.3 is 0 Å². The van der Waals surface area contributed by atoms with Gasteiger partial charge in [-0.3, -0.25) is 0 Å². The first kappa shape index (κ1) is 16.3. The van der Waals surface area contributed by atoms with Crippen LogP contribution in [-0.2, 0) is 0 Å². The van der Waals surface area contributed by atoms with Gasteiger partial charge in [0.15, 0.2) is 0 Å². The van der Waals surface area contributed by atoms with E-state index in [1.165, 1.54) is 6.42 Å². The van der Waals surface area contributed by atoms with E-state index in [1.54, 1.807) is 11.8 Å². The van der Waals surface area contributed by atoms with E-state index in [-0.39, 0.29) is 0 Å². The van der Waals surface area contributed by atoms with Gasteiger partial charge in [-0.25, -0.2) is 0 Å². The molecule has 0 radical (unpaired) electrons. The molecule has 1 aromatic carbocycles. The molecule has 19 heavy (non-hydrogen) atoms. The van der Waals surface area contributed by atoms with Crippen molar-refractivity contribution < 1.29 is 0 Å². The molecule has 2 nitrogen and oxygen atoms in total. The first-order valence-corrected chi connectivity index (χ1v) is 8.32. The molecular formula is C15H24N2S2. The quantitative estimate of drug-likeness (QED) is 0.582. The lowest BCUT2D eigenvalue weighted by molar-refractivity contribution is 0.527. The Balaban J connectivity index is 2.85. The summed E-state index contributed by atoms with van der Waals surface area (Å²) in [7, 11) is 0. The van der Waals surface area contributed by atoms with Crippen LogP contribution in [0.5, 0.6) is 0 Å². The Morgan fingerprint density at radius 3 is 2.53 bits per heavy atom. The molecule has 1 unspecified atom stereocenters. The zero-order valence-electron chi connectivity index (χ0n) is 12.2. The molecule has 0 amide bonds. The predicted octanol–water partition coefficient (Wildman–Crippen LogP) is 4.28. The zero-order chi connectivity index (χ0) is 14.4. The summed E-state index contributed by atoms with van der Waals surface area (Å²) in [5.74, 6) is 0.733. The topological polar surface area (TPSA) is 38.0 Å². The number of thiocarbonyl (C=S) groups is 1. The normalized spacial score (nSPS) is 12.5. The van der Waals surface area contributed by atoms with Gasteiger partial charge in [0.05, 0.1) is 0 Å². The van der Waals surface area contributed by atoms with Crippen LogP contribution in [0.15, 0.2) is 23.1 Å². The Kier molecular flexibility index (Phi) is 6.66. The maximum absolute atomic E-state index is 5.87. The molecular weight excluding hydrogens is 272 g/mol. The van der Waals surface area contributed by atoms with Gasteiger partial charge < -0.3 is 11.1 Å². The fourth-order valence-corrected chi connectivity index (χ4v) is 2.92. The Hall–Kier alpha value is -0.740. The second-order valence-corrected chi connectivity index (χ2v) is 6.55. The third-order valence-corrected chi connectivity index (χ3v) is 4.06. The fraction of sp³-hybridized carbons (Fsp3) is 0.533. The van der Waals surface area contributed by atoms with Crippen LogP contribution in [0.3, 0.4) is 0 Å². The van der Waals surface area contributed by atoms with E-state index in [1.807, 2.05) is 12.3 Å². The molecule has 0 bridgehead atoms. The molecule has 0 aliphatic rings. The first-order valence-electron chi connectivity index (χ1n) is 6.69. The molecule has 0 aliphatic heterocycles. The molecule has 0 aliphatic carbocycles. The highest BCUT2D eigenvalue weighted by Gasteiger charge is 2.12. The number of thioether (sulfide) groups is 1. The predicted molar refractivity (Wildman–Crippen MR) is 91.3 cm³/mol. The SMILES string of the molecule is CSc1cccc(NC(C)CCC(C)C)c1C(N)=S. The molecule has 0 heterocycles. The van der Waals surface area contributed by atoms with Crippen LogP contribution in [0.25, 0.3) is 0 Å². The molecule has 4 heteroatoms. The van der Waals surface area contributed by atoms with Crippen molar-refractivity contribution in [2.75, 3.05) is 11.6 Å². The van der Waals surface area contributed by atoms with Gasteiger partial charge in [-0.05, 0) is 44.1 Å². The summed E-state index contributed by atoms with van der Waals surface area (Å²) >= 11 is 6.86. The molecule has 1 rings (SSSR count). The minimum atomic E-state index is 0.424. The summed E-state index contributed by atoms with van der Waals surface area (Å²) in [5, 5.41) is 3.54.